The number of carbonyl (C=O) groups is 5. The molecule has 33 heavy (non-hydrogen) atoms. The molecule has 4 unspecified atom stereocenters. The molecule has 9 N–H and O–H groups in total. The first-order valence-corrected chi connectivity index (χ1v) is 11.4. The Kier molecular flexibility index (Phi) is 11.8. The molecule has 0 spiro atoms. The van der Waals surface area contributed by atoms with Crippen molar-refractivity contribution in [3.05, 3.63) is 0 Å². The number of carboxylic acids is 1. The largest absolute Gasteiger partial charge is 0.480 e. The molecule has 12 nitrogen and oxygen atoms in total. The summed E-state index contributed by atoms with van der Waals surface area (Å²) in [6.45, 7) is 4.09. The lowest BCUT2D eigenvalue weighted by molar-refractivity contribution is -0.144. The Morgan fingerprint density at radius 2 is 1.76 bits per heavy atom. The van der Waals surface area contributed by atoms with E-state index in [1.54, 1.807) is 13.8 Å². The molecule has 1 aliphatic heterocycles. The van der Waals surface area contributed by atoms with Crippen LogP contribution in [0, 0.1) is 5.92 Å². The molecule has 0 saturated carbocycles. The lowest BCUT2D eigenvalue weighted by Crippen LogP contribution is -2.57. The van der Waals surface area contributed by atoms with Crippen molar-refractivity contribution in [1.29, 1.82) is 0 Å². The number of carbonyl (C=O) groups excluding carboxylic acids is 4. The summed E-state index contributed by atoms with van der Waals surface area (Å²) < 4.78 is 0. The maximum atomic E-state index is 13.0. The van der Waals surface area contributed by atoms with Gasteiger partial charge in [0.2, 0.25) is 23.6 Å². The standard InChI is InChI=1S/C21H38N6O6/c1-12(2)17(21(32)33)26-18(29)14(6-3-4-10-22)25-19(30)15-7-5-11-27(15)20(31)13(23)8-9-16(24)28/h12-15,17H,3-11,22-23H2,1-2H3,(H2,24,28)(H,25,30)(H,26,29)(H,32,33). The van der Waals surface area contributed by atoms with Crippen LogP contribution in [-0.2, 0) is 24.0 Å². The van der Waals surface area contributed by atoms with Gasteiger partial charge in [0.1, 0.15) is 18.1 Å². The zero-order chi connectivity index (χ0) is 25.1. The molecule has 1 saturated heterocycles. The predicted molar refractivity (Wildman–Crippen MR) is 120 cm³/mol. The van der Waals surface area contributed by atoms with Gasteiger partial charge in [0, 0.05) is 13.0 Å². The number of unbranched alkanes of at least 4 members (excludes halogenated alkanes) is 1. The van der Waals surface area contributed by atoms with E-state index in [2.05, 4.69) is 10.6 Å². The Labute approximate surface area is 194 Å². The fourth-order valence-corrected chi connectivity index (χ4v) is 3.73. The fourth-order valence-electron chi connectivity index (χ4n) is 3.73. The van der Waals surface area contributed by atoms with E-state index in [9.17, 15) is 29.1 Å². The zero-order valence-electron chi connectivity index (χ0n) is 19.4. The SMILES string of the molecule is CC(C)C(NC(=O)C(CCCCN)NC(=O)C1CCCN1C(=O)C(N)CCC(N)=O)C(=O)O. The summed E-state index contributed by atoms with van der Waals surface area (Å²) in [5.74, 6) is -3.65. The van der Waals surface area contributed by atoms with Crippen molar-refractivity contribution >= 4 is 29.6 Å². The van der Waals surface area contributed by atoms with Gasteiger partial charge in [-0.2, -0.15) is 0 Å². The van der Waals surface area contributed by atoms with E-state index < -0.39 is 53.8 Å². The summed E-state index contributed by atoms with van der Waals surface area (Å²) in [5.41, 5.74) is 16.5. The Morgan fingerprint density at radius 1 is 1.09 bits per heavy atom. The number of amides is 4. The Bertz CT molecular complexity index is 715. The summed E-state index contributed by atoms with van der Waals surface area (Å²) in [5, 5.41) is 14.5. The van der Waals surface area contributed by atoms with Gasteiger partial charge in [-0.05, 0) is 51.0 Å². The van der Waals surface area contributed by atoms with Gasteiger partial charge in [-0.3, -0.25) is 19.2 Å². The molecule has 0 radical (unpaired) electrons. The molecular weight excluding hydrogens is 432 g/mol. The minimum Gasteiger partial charge on any atom is -0.480 e. The monoisotopic (exact) mass is 470 g/mol. The highest BCUT2D eigenvalue weighted by molar-refractivity contribution is 5.94. The lowest BCUT2D eigenvalue weighted by Gasteiger charge is -2.29. The van der Waals surface area contributed by atoms with Crippen molar-refractivity contribution in [1.82, 2.24) is 15.5 Å². The molecule has 1 rings (SSSR count). The first kappa shape index (κ1) is 28.3. The van der Waals surface area contributed by atoms with Gasteiger partial charge in [0.05, 0.1) is 6.04 Å². The van der Waals surface area contributed by atoms with Crippen molar-refractivity contribution in [3.8, 4) is 0 Å². The molecule has 12 heteroatoms. The average Bonchev–Trinajstić information content (AvgIpc) is 3.23. The predicted octanol–water partition coefficient (Wildman–Crippen LogP) is -1.59. The second-order valence-corrected chi connectivity index (χ2v) is 8.72. The molecule has 4 amide bonds. The number of nitrogens with one attached hydrogen (secondary N) is 2. The van der Waals surface area contributed by atoms with E-state index in [0.29, 0.717) is 38.8 Å². The summed E-state index contributed by atoms with van der Waals surface area (Å²) in [7, 11) is 0. The van der Waals surface area contributed by atoms with Crippen LogP contribution in [0.15, 0.2) is 0 Å². The molecule has 1 heterocycles. The van der Waals surface area contributed by atoms with Crippen molar-refractivity contribution < 1.29 is 29.1 Å². The van der Waals surface area contributed by atoms with E-state index in [0.717, 1.165) is 0 Å². The third-order valence-electron chi connectivity index (χ3n) is 5.67. The van der Waals surface area contributed by atoms with E-state index in [1.807, 2.05) is 0 Å². The number of aliphatic carboxylic acids is 1. The van der Waals surface area contributed by atoms with Gasteiger partial charge < -0.3 is 37.8 Å². The molecule has 0 aromatic rings. The van der Waals surface area contributed by atoms with Crippen LogP contribution >= 0.6 is 0 Å². The number of nitrogens with two attached hydrogens (primary N) is 3. The van der Waals surface area contributed by atoms with Gasteiger partial charge in [-0.25, -0.2) is 4.79 Å². The normalized spacial score (nSPS) is 18.5. The molecular formula is C21H38N6O6. The molecule has 4 atom stereocenters. The maximum absolute atomic E-state index is 13.0. The van der Waals surface area contributed by atoms with Crippen LogP contribution in [0.2, 0.25) is 0 Å². The topological polar surface area (TPSA) is 211 Å². The average molecular weight is 471 g/mol. The Balaban J connectivity index is 2.89. The van der Waals surface area contributed by atoms with Crippen molar-refractivity contribution in [2.75, 3.05) is 13.1 Å². The van der Waals surface area contributed by atoms with Crippen LogP contribution in [0.25, 0.3) is 0 Å². The second kappa shape index (κ2) is 13.7. The number of likely N-dealkylation sites (tertiary alicyclic amines) is 1. The number of hydrogen-bond donors (Lipinski definition) is 6. The quantitative estimate of drug-likeness (QED) is 0.162. The first-order chi connectivity index (χ1) is 15.5. The fraction of sp³-hybridized carbons (Fsp3) is 0.762. The van der Waals surface area contributed by atoms with E-state index in [-0.39, 0.29) is 25.2 Å². The minimum absolute atomic E-state index is 0.0401. The van der Waals surface area contributed by atoms with Crippen LogP contribution in [0.3, 0.4) is 0 Å². The van der Waals surface area contributed by atoms with Crippen molar-refractivity contribution in [2.24, 2.45) is 23.1 Å². The number of carboxylic acid groups (broad SMARTS) is 1. The van der Waals surface area contributed by atoms with E-state index >= 15 is 0 Å². The summed E-state index contributed by atoms with van der Waals surface area (Å²) >= 11 is 0. The summed E-state index contributed by atoms with van der Waals surface area (Å²) in [6, 6.07) is -3.83. The van der Waals surface area contributed by atoms with E-state index in [1.165, 1.54) is 4.90 Å². The molecule has 1 fully saturated rings. The molecule has 0 aromatic carbocycles. The summed E-state index contributed by atoms with van der Waals surface area (Å²) in [6.07, 6.45) is 2.49. The van der Waals surface area contributed by atoms with Gasteiger partial charge in [0.25, 0.3) is 0 Å². The lowest BCUT2D eigenvalue weighted by atomic mass is 10.0. The third kappa shape index (κ3) is 8.97. The zero-order valence-corrected chi connectivity index (χ0v) is 19.4. The first-order valence-electron chi connectivity index (χ1n) is 11.4. The second-order valence-electron chi connectivity index (χ2n) is 8.72. The number of nitrogens with zero attached hydrogens (tertiary/aromatic N) is 1. The third-order valence-corrected chi connectivity index (χ3v) is 5.67. The van der Waals surface area contributed by atoms with Gasteiger partial charge in [-0.15, -0.1) is 0 Å². The van der Waals surface area contributed by atoms with Crippen LogP contribution in [0.4, 0.5) is 0 Å². The van der Waals surface area contributed by atoms with Crippen LogP contribution in [0.1, 0.15) is 58.8 Å². The molecule has 0 aromatic heterocycles. The number of primary amides is 1. The van der Waals surface area contributed by atoms with Crippen LogP contribution in [-0.4, -0.2) is 76.9 Å². The molecule has 0 aliphatic carbocycles. The van der Waals surface area contributed by atoms with Gasteiger partial charge >= 0.3 is 5.97 Å². The molecule has 1 aliphatic rings. The van der Waals surface area contributed by atoms with Gasteiger partial charge in [0.15, 0.2) is 0 Å². The summed E-state index contributed by atoms with van der Waals surface area (Å²) in [4.78, 5) is 62.3. The van der Waals surface area contributed by atoms with Crippen molar-refractivity contribution in [3.63, 3.8) is 0 Å². The Morgan fingerprint density at radius 3 is 2.30 bits per heavy atom. The van der Waals surface area contributed by atoms with Crippen LogP contribution < -0.4 is 27.8 Å². The van der Waals surface area contributed by atoms with Crippen LogP contribution in [0.5, 0.6) is 0 Å². The highest BCUT2D eigenvalue weighted by atomic mass is 16.4. The number of rotatable bonds is 14. The highest BCUT2D eigenvalue weighted by Crippen LogP contribution is 2.20. The highest BCUT2D eigenvalue weighted by Gasteiger charge is 2.38. The minimum atomic E-state index is -1.16. The van der Waals surface area contributed by atoms with E-state index in [4.69, 9.17) is 17.2 Å². The Hall–Kier alpha value is -2.73. The molecule has 0 bridgehead atoms. The van der Waals surface area contributed by atoms with Gasteiger partial charge in [-0.1, -0.05) is 13.8 Å². The maximum Gasteiger partial charge on any atom is 0.326 e. The smallest absolute Gasteiger partial charge is 0.326 e. The van der Waals surface area contributed by atoms with Crippen molar-refractivity contribution in [2.45, 2.75) is 83.0 Å². The molecule has 188 valence electrons. The number of hydrogen-bond acceptors (Lipinski definition) is 7.